The smallest absolute Gasteiger partial charge is 0.274 e. The van der Waals surface area contributed by atoms with Crippen molar-refractivity contribution in [1.82, 2.24) is 4.98 Å². The van der Waals surface area contributed by atoms with Crippen molar-refractivity contribution >= 4 is 23.0 Å². The number of carbonyl (C=O) groups is 1. The largest absolute Gasteiger partial charge is 0.354 e. The Hall–Kier alpha value is -3.65. The summed E-state index contributed by atoms with van der Waals surface area (Å²) in [4.78, 5) is 16.5. The van der Waals surface area contributed by atoms with E-state index in [1.165, 1.54) is 5.56 Å². The van der Waals surface area contributed by atoms with Gasteiger partial charge in [0.05, 0.1) is 23.1 Å². The van der Waals surface area contributed by atoms with Gasteiger partial charge in [-0.1, -0.05) is 29.8 Å². The van der Waals surface area contributed by atoms with Crippen molar-refractivity contribution in [1.29, 1.82) is 5.26 Å². The minimum atomic E-state index is -0.357. The number of benzene rings is 2. The fraction of sp³-hybridized carbons (Fsp3) is 0.0500. The van der Waals surface area contributed by atoms with Crippen LogP contribution in [0.1, 0.15) is 21.6 Å². The normalized spacial score (nSPS) is 9.92. The number of nitrogens with one attached hydrogen (secondary N) is 2. The van der Waals surface area contributed by atoms with E-state index in [2.05, 4.69) is 15.6 Å². The summed E-state index contributed by atoms with van der Waals surface area (Å²) in [5.74, 6) is -0.357. The van der Waals surface area contributed by atoms with Crippen LogP contribution in [0.15, 0.2) is 66.9 Å². The van der Waals surface area contributed by atoms with E-state index in [1.807, 2.05) is 37.3 Å². The monoisotopic (exact) mass is 328 g/mol. The molecule has 1 aromatic heterocycles. The van der Waals surface area contributed by atoms with Crippen LogP contribution in [-0.4, -0.2) is 10.9 Å². The van der Waals surface area contributed by atoms with Crippen LogP contribution in [0.2, 0.25) is 0 Å². The molecule has 122 valence electrons. The minimum Gasteiger partial charge on any atom is -0.354 e. The number of aromatic nitrogens is 1. The van der Waals surface area contributed by atoms with Crippen LogP contribution >= 0.6 is 0 Å². The molecular formula is C20H16N4O. The average Bonchev–Trinajstić information content (AvgIpc) is 2.64. The number of amides is 1. The highest BCUT2D eigenvalue weighted by Gasteiger charge is 2.10. The topological polar surface area (TPSA) is 77.8 Å². The van der Waals surface area contributed by atoms with Gasteiger partial charge in [-0.05, 0) is 43.3 Å². The third-order valence-electron chi connectivity index (χ3n) is 3.63. The van der Waals surface area contributed by atoms with Crippen molar-refractivity contribution in [2.75, 3.05) is 10.6 Å². The van der Waals surface area contributed by atoms with Crippen molar-refractivity contribution in [3.05, 3.63) is 83.7 Å². The fourth-order valence-corrected chi connectivity index (χ4v) is 2.28. The van der Waals surface area contributed by atoms with Crippen molar-refractivity contribution < 1.29 is 4.79 Å². The lowest BCUT2D eigenvalue weighted by atomic mass is 10.2. The van der Waals surface area contributed by atoms with Gasteiger partial charge in [0.25, 0.3) is 5.91 Å². The van der Waals surface area contributed by atoms with E-state index in [4.69, 9.17) is 5.26 Å². The van der Waals surface area contributed by atoms with E-state index in [1.54, 1.807) is 42.6 Å². The molecular weight excluding hydrogens is 312 g/mol. The molecule has 3 aromatic rings. The van der Waals surface area contributed by atoms with Gasteiger partial charge in [-0.25, -0.2) is 4.98 Å². The van der Waals surface area contributed by atoms with Gasteiger partial charge in [0.2, 0.25) is 0 Å². The molecule has 2 N–H and O–H groups in total. The zero-order chi connectivity index (χ0) is 17.6. The molecule has 0 spiro atoms. The molecule has 3 rings (SSSR count). The lowest BCUT2D eigenvalue weighted by Crippen LogP contribution is -2.14. The first-order chi connectivity index (χ1) is 12.2. The zero-order valence-corrected chi connectivity index (χ0v) is 13.7. The first-order valence-corrected chi connectivity index (χ1v) is 7.76. The Bertz CT molecular complexity index is 925. The summed E-state index contributed by atoms with van der Waals surface area (Å²) in [5.41, 5.74) is 4.09. The van der Waals surface area contributed by atoms with Crippen LogP contribution in [-0.2, 0) is 0 Å². The van der Waals surface area contributed by atoms with Crippen molar-refractivity contribution in [3.8, 4) is 6.07 Å². The number of nitrogens with zero attached hydrogens (tertiary/aromatic N) is 2. The molecule has 0 aliphatic rings. The number of aryl methyl sites for hydroxylation is 1. The van der Waals surface area contributed by atoms with Gasteiger partial charge in [-0.15, -0.1) is 0 Å². The first-order valence-electron chi connectivity index (χ1n) is 7.76. The summed E-state index contributed by atoms with van der Waals surface area (Å²) in [6, 6.07) is 20.3. The zero-order valence-electron chi connectivity index (χ0n) is 13.7. The molecule has 25 heavy (non-hydrogen) atoms. The second-order valence-electron chi connectivity index (χ2n) is 5.53. The van der Waals surface area contributed by atoms with Gasteiger partial charge in [0, 0.05) is 5.69 Å². The number of rotatable bonds is 4. The molecule has 0 saturated heterocycles. The van der Waals surface area contributed by atoms with Crippen LogP contribution < -0.4 is 10.6 Å². The minimum absolute atomic E-state index is 0.280. The first kappa shape index (κ1) is 16.2. The molecule has 0 fully saturated rings. The highest BCUT2D eigenvalue weighted by Crippen LogP contribution is 2.18. The molecule has 0 saturated carbocycles. The SMILES string of the molecule is Cc1ccc(Nc2ccc(C(=O)Nc3ccccc3C#N)nc2)cc1. The summed E-state index contributed by atoms with van der Waals surface area (Å²) in [5, 5.41) is 15.0. The summed E-state index contributed by atoms with van der Waals surface area (Å²) >= 11 is 0. The van der Waals surface area contributed by atoms with Gasteiger partial charge < -0.3 is 10.6 Å². The Kier molecular flexibility index (Phi) is 4.72. The van der Waals surface area contributed by atoms with Gasteiger partial charge in [-0.2, -0.15) is 5.26 Å². The predicted octanol–water partition coefficient (Wildman–Crippen LogP) is 4.26. The number of hydrogen-bond donors (Lipinski definition) is 2. The predicted molar refractivity (Wildman–Crippen MR) is 97.8 cm³/mol. The molecule has 2 aromatic carbocycles. The van der Waals surface area contributed by atoms with E-state index in [9.17, 15) is 4.79 Å². The van der Waals surface area contributed by atoms with Crippen molar-refractivity contribution in [2.24, 2.45) is 0 Å². The average molecular weight is 328 g/mol. The Morgan fingerprint density at radius 1 is 1.00 bits per heavy atom. The van der Waals surface area contributed by atoms with Gasteiger partial charge in [0.15, 0.2) is 0 Å². The quantitative estimate of drug-likeness (QED) is 0.750. The second-order valence-corrected chi connectivity index (χ2v) is 5.53. The number of anilines is 3. The molecule has 0 radical (unpaired) electrons. The molecule has 0 bridgehead atoms. The second kappa shape index (κ2) is 7.28. The molecule has 5 nitrogen and oxygen atoms in total. The van der Waals surface area contributed by atoms with Gasteiger partial charge >= 0.3 is 0 Å². The molecule has 1 heterocycles. The molecule has 1 amide bonds. The summed E-state index contributed by atoms with van der Waals surface area (Å²) in [6.07, 6.45) is 1.60. The van der Waals surface area contributed by atoms with E-state index >= 15 is 0 Å². The standard InChI is InChI=1S/C20H16N4O/c1-14-6-8-16(9-7-14)23-17-10-11-19(22-13-17)20(25)24-18-5-3-2-4-15(18)12-21/h2-11,13,23H,1H3,(H,24,25). The highest BCUT2D eigenvalue weighted by atomic mass is 16.1. The maximum absolute atomic E-state index is 12.3. The summed E-state index contributed by atoms with van der Waals surface area (Å²) in [7, 11) is 0. The van der Waals surface area contributed by atoms with E-state index in [0.717, 1.165) is 11.4 Å². The van der Waals surface area contributed by atoms with Crippen LogP contribution in [0.25, 0.3) is 0 Å². The molecule has 5 heteroatoms. The molecule has 0 atom stereocenters. The third kappa shape index (κ3) is 4.01. The maximum atomic E-state index is 12.3. The number of carbonyl (C=O) groups excluding carboxylic acids is 1. The van der Waals surface area contributed by atoms with Crippen LogP contribution in [0.4, 0.5) is 17.1 Å². The number of para-hydroxylation sites is 1. The summed E-state index contributed by atoms with van der Waals surface area (Å²) < 4.78 is 0. The Morgan fingerprint density at radius 3 is 2.40 bits per heavy atom. The van der Waals surface area contributed by atoms with E-state index < -0.39 is 0 Å². The Balaban J connectivity index is 1.70. The van der Waals surface area contributed by atoms with Gasteiger partial charge in [0.1, 0.15) is 11.8 Å². The highest BCUT2D eigenvalue weighted by molar-refractivity contribution is 6.03. The number of nitriles is 1. The van der Waals surface area contributed by atoms with Crippen LogP contribution in [0.3, 0.4) is 0 Å². The lowest BCUT2D eigenvalue weighted by molar-refractivity contribution is 0.102. The fourth-order valence-electron chi connectivity index (χ4n) is 2.28. The Labute approximate surface area is 146 Å². The van der Waals surface area contributed by atoms with Crippen LogP contribution in [0.5, 0.6) is 0 Å². The third-order valence-corrected chi connectivity index (χ3v) is 3.63. The maximum Gasteiger partial charge on any atom is 0.274 e. The molecule has 0 aliphatic carbocycles. The van der Waals surface area contributed by atoms with Crippen molar-refractivity contribution in [2.45, 2.75) is 6.92 Å². The number of pyridine rings is 1. The van der Waals surface area contributed by atoms with Crippen molar-refractivity contribution in [3.63, 3.8) is 0 Å². The Morgan fingerprint density at radius 2 is 1.72 bits per heavy atom. The molecule has 0 unspecified atom stereocenters. The van der Waals surface area contributed by atoms with E-state index in [0.29, 0.717) is 11.3 Å². The number of hydrogen-bond acceptors (Lipinski definition) is 4. The summed E-state index contributed by atoms with van der Waals surface area (Å²) in [6.45, 7) is 2.03. The molecule has 0 aliphatic heterocycles. The van der Waals surface area contributed by atoms with Gasteiger partial charge in [-0.3, -0.25) is 4.79 Å². The van der Waals surface area contributed by atoms with Crippen LogP contribution in [0, 0.1) is 18.3 Å². The van der Waals surface area contributed by atoms with E-state index in [-0.39, 0.29) is 11.6 Å². The lowest BCUT2D eigenvalue weighted by Gasteiger charge is -2.08.